The fourth-order valence-electron chi connectivity index (χ4n) is 3.87. The molecule has 3 rings (SSSR count). The van der Waals surface area contributed by atoms with Crippen LogP contribution in [0.25, 0.3) is 0 Å². The molecule has 1 aromatic rings. The third kappa shape index (κ3) is 3.70. The van der Waals surface area contributed by atoms with Gasteiger partial charge < -0.3 is 14.9 Å². The fraction of sp³-hybridized carbons (Fsp3) is 0.500. The van der Waals surface area contributed by atoms with Gasteiger partial charge in [-0.15, -0.1) is 0 Å². The molecule has 0 aromatic heterocycles. The van der Waals surface area contributed by atoms with Crippen LogP contribution in [-0.2, 0) is 9.59 Å². The maximum absolute atomic E-state index is 13.0. The number of anilines is 1. The monoisotopic (exact) mass is 342 g/mol. The van der Waals surface area contributed by atoms with Crippen molar-refractivity contribution < 1.29 is 14.7 Å². The molecule has 0 radical (unpaired) electrons. The van der Waals surface area contributed by atoms with Crippen LogP contribution in [0.3, 0.4) is 0 Å². The Morgan fingerprint density at radius 3 is 2.04 bits per heavy atom. The SMILES string of the molecule is CC1=C(C)C[C@@H](C(=O)N2CCN(c3ccccc3)CC2)[C@H](C(=O)O)C1. The molecule has 25 heavy (non-hydrogen) atoms. The second kappa shape index (κ2) is 7.30. The predicted molar refractivity (Wildman–Crippen MR) is 97.5 cm³/mol. The molecule has 1 fully saturated rings. The number of rotatable bonds is 3. The van der Waals surface area contributed by atoms with Gasteiger partial charge in [0.05, 0.1) is 11.8 Å². The average molecular weight is 342 g/mol. The molecule has 5 nitrogen and oxygen atoms in total. The van der Waals surface area contributed by atoms with Gasteiger partial charge in [-0.05, 0) is 38.8 Å². The van der Waals surface area contributed by atoms with Crippen LogP contribution in [0.15, 0.2) is 41.5 Å². The number of carbonyl (C=O) groups excluding carboxylic acids is 1. The van der Waals surface area contributed by atoms with E-state index in [0.29, 0.717) is 25.9 Å². The topological polar surface area (TPSA) is 60.9 Å². The number of allylic oxidation sites excluding steroid dienone is 2. The fourth-order valence-corrected chi connectivity index (χ4v) is 3.87. The lowest BCUT2D eigenvalue weighted by atomic mass is 9.76. The summed E-state index contributed by atoms with van der Waals surface area (Å²) in [5.74, 6) is -1.87. The summed E-state index contributed by atoms with van der Waals surface area (Å²) in [5, 5.41) is 9.55. The lowest BCUT2D eigenvalue weighted by molar-refractivity contribution is -0.151. The standard InChI is InChI=1S/C20H26N2O3/c1-14-12-17(18(20(24)25)13-15(14)2)19(23)22-10-8-21(9-11-22)16-6-4-3-5-7-16/h3-7,17-18H,8-13H2,1-2H3,(H,24,25)/t17-,18-/m1/s1. The lowest BCUT2D eigenvalue weighted by Gasteiger charge is -2.39. The first-order valence-electron chi connectivity index (χ1n) is 8.94. The highest BCUT2D eigenvalue weighted by molar-refractivity contribution is 5.86. The molecule has 0 spiro atoms. The van der Waals surface area contributed by atoms with E-state index in [-0.39, 0.29) is 5.91 Å². The Balaban J connectivity index is 1.66. The normalized spacial score (nSPS) is 24.4. The van der Waals surface area contributed by atoms with E-state index in [4.69, 9.17) is 0 Å². The van der Waals surface area contributed by atoms with E-state index in [9.17, 15) is 14.7 Å². The highest BCUT2D eigenvalue weighted by Crippen LogP contribution is 2.35. The van der Waals surface area contributed by atoms with Crippen molar-refractivity contribution in [3.8, 4) is 0 Å². The smallest absolute Gasteiger partial charge is 0.307 e. The number of carbonyl (C=O) groups is 2. The van der Waals surface area contributed by atoms with E-state index in [1.807, 2.05) is 36.9 Å². The lowest BCUT2D eigenvalue weighted by Crippen LogP contribution is -2.52. The molecule has 1 N–H and O–H groups in total. The highest BCUT2D eigenvalue weighted by Gasteiger charge is 2.39. The Bertz CT molecular complexity index is 675. The number of hydrogen-bond donors (Lipinski definition) is 1. The van der Waals surface area contributed by atoms with Gasteiger partial charge in [0, 0.05) is 31.9 Å². The van der Waals surface area contributed by atoms with Crippen molar-refractivity contribution in [1.29, 1.82) is 0 Å². The molecule has 2 atom stereocenters. The summed E-state index contributed by atoms with van der Waals surface area (Å²) < 4.78 is 0. The Kier molecular flexibility index (Phi) is 5.11. The van der Waals surface area contributed by atoms with Crippen LogP contribution < -0.4 is 4.90 Å². The Morgan fingerprint density at radius 2 is 1.48 bits per heavy atom. The van der Waals surface area contributed by atoms with Gasteiger partial charge in [0.1, 0.15) is 0 Å². The van der Waals surface area contributed by atoms with Crippen molar-refractivity contribution in [3.63, 3.8) is 0 Å². The van der Waals surface area contributed by atoms with Gasteiger partial charge in [-0.3, -0.25) is 9.59 Å². The van der Waals surface area contributed by atoms with Gasteiger partial charge in [-0.2, -0.15) is 0 Å². The number of amides is 1. The van der Waals surface area contributed by atoms with Crippen molar-refractivity contribution in [3.05, 3.63) is 41.5 Å². The van der Waals surface area contributed by atoms with E-state index >= 15 is 0 Å². The number of carboxylic acids is 1. The summed E-state index contributed by atoms with van der Waals surface area (Å²) in [6.45, 7) is 6.87. The summed E-state index contributed by atoms with van der Waals surface area (Å²) in [4.78, 5) is 28.8. The molecule has 1 aliphatic heterocycles. The Morgan fingerprint density at radius 1 is 0.920 bits per heavy atom. The largest absolute Gasteiger partial charge is 0.481 e. The average Bonchev–Trinajstić information content (AvgIpc) is 2.63. The first-order chi connectivity index (χ1) is 12.0. The quantitative estimate of drug-likeness (QED) is 0.858. The first-order valence-corrected chi connectivity index (χ1v) is 8.94. The third-order valence-electron chi connectivity index (χ3n) is 5.61. The second-order valence-corrected chi connectivity index (χ2v) is 7.17. The number of aliphatic carboxylic acids is 1. The van der Waals surface area contributed by atoms with Crippen molar-refractivity contribution in [2.24, 2.45) is 11.8 Å². The van der Waals surface area contributed by atoms with E-state index in [2.05, 4.69) is 17.0 Å². The van der Waals surface area contributed by atoms with Gasteiger partial charge in [0.2, 0.25) is 5.91 Å². The van der Waals surface area contributed by atoms with Gasteiger partial charge in [-0.1, -0.05) is 29.3 Å². The summed E-state index contributed by atoms with van der Waals surface area (Å²) in [6, 6.07) is 10.2. The number of piperazine rings is 1. The number of nitrogens with zero attached hydrogens (tertiary/aromatic N) is 2. The van der Waals surface area contributed by atoms with Crippen LogP contribution in [0.4, 0.5) is 5.69 Å². The van der Waals surface area contributed by atoms with Crippen LogP contribution in [0, 0.1) is 11.8 Å². The minimum Gasteiger partial charge on any atom is -0.481 e. The molecule has 2 aliphatic rings. The zero-order valence-corrected chi connectivity index (χ0v) is 14.9. The van der Waals surface area contributed by atoms with E-state index in [1.165, 1.54) is 11.3 Å². The van der Waals surface area contributed by atoms with Crippen molar-refractivity contribution in [2.45, 2.75) is 26.7 Å². The van der Waals surface area contributed by atoms with Gasteiger partial charge in [0.15, 0.2) is 0 Å². The van der Waals surface area contributed by atoms with Gasteiger partial charge >= 0.3 is 5.97 Å². The van der Waals surface area contributed by atoms with E-state index in [0.717, 1.165) is 18.7 Å². The first kappa shape index (κ1) is 17.5. The van der Waals surface area contributed by atoms with Gasteiger partial charge in [0.25, 0.3) is 0 Å². The zero-order chi connectivity index (χ0) is 18.0. The predicted octanol–water partition coefficient (Wildman–Crippen LogP) is 2.78. The molecular formula is C20H26N2O3. The molecule has 0 unspecified atom stereocenters. The van der Waals surface area contributed by atoms with Crippen LogP contribution in [0.2, 0.25) is 0 Å². The number of benzene rings is 1. The van der Waals surface area contributed by atoms with Crippen molar-refractivity contribution in [1.82, 2.24) is 4.90 Å². The van der Waals surface area contributed by atoms with E-state index < -0.39 is 17.8 Å². The van der Waals surface area contributed by atoms with E-state index in [1.54, 1.807) is 0 Å². The van der Waals surface area contributed by atoms with Crippen LogP contribution in [-0.4, -0.2) is 48.1 Å². The summed E-state index contributed by atoms with van der Waals surface area (Å²) in [5.41, 5.74) is 3.45. The second-order valence-electron chi connectivity index (χ2n) is 7.17. The highest BCUT2D eigenvalue weighted by atomic mass is 16.4. The number of hydrogen-bond acceptors (Lipinski definition) is 3. The molecule has 1 aromatic carbocycles. The molecule has 0 bridgehead atoms. The Hall–Kier alpha value is -2.30. The molecule has 0 saturated carbocycles. The van der Waals surface area contributed by atoms with Crippen LogP contribution in [0.1, 0.15) is 26.7 Å². The number of para-hydroxylation sites is 1. The Labute approximate surface area is 148 Å². The maximum Gasteiger partial charge on any atom is 0.307 e. The molecule has 1 saturated heterocycles. The summed E-state index contributed by atoms with van der Waals surface area (Å²) >= 11 is 0. The van der Waals surface area contributed by atoms with Gasteiger partial charge in [-0.25, -0.2) is 0 Å². The molecule has 1 amide bonds. The number of carboxylic acid groups (broad SMARTS) is 1. The van der Waals surface area contributed by atoms with Crippen molar-refractivity contribution >= 4 is 17.6 Å². The minimum absolute atomic E-state index is 0.00645. The molecule has 1 aliphatic carbocycles. The third-order valence-corrected chi connectivity index (χ3v) is 5.61. The zero-order valence-electron chi connectivity index (χ0n) is 14.9. The molecular weight excluding hydrogens is 316 g/mol. The summed E-state index contributed by atoms with van der Waals surface area (Å²) in [7, 11) is 0. The molecule has 1 heterocycles. The summed E-state index contributed by atoms with van der Waals surface area (Å²) in [6.07, 6.45) is 1.06. The van der Waals surface area contributed by atoms with Crippen molar-refractivity contribution in [2.75, 3.05) is 31.1 Å². The maximum atomic E-state index is 13.0. The van der Waals surface area contributed by atoms with Crippen LogP contribution >= 0.6 is 0 Å². The minimum atomic E-state index is -0.854. The molecule has 5 heteroatoms. The van der Waals surface area contributed by atoms with Crippen LogP contribution in [0.5, 0.6) is 0 Å². The molecule has 134 valence electrons.